The summed E-state index contributed by atoms with van der Waals surface area (Å²) in [7, 11) is 0. The molecule has 2 aliphatic heterocycles. The molecule has 2 fully saturated rings. The third kappa shape index (κ3) is 6.23. The zero-order valence-corrected chi connectivity index (χ0v) is 18.5. The molecule has 0 aliphatic carbocycles. The van der Waals surface area contributed by atoms with E-state index in [1.54, 1.807) is 16.8 Å². The number of hydrogen-bond donors (Lipinski definition) is 1. The molecule has 0 bridgehead atoms. The van der Waals surface area contributed by atoms with Crippen molar-refractivity contribution in [1.29, 1.82) is 0 Å². The molecular formula is C19H23F3N4O3S2. The first-order valence-corrected chi connectivity index (χ1v) is 11.5. The number of alkyl halides is 3. The quantitative estimate of drug-likeness (QED) is 0.728. The number of rotatable bonds is 3. The molecule has 12 heteroatoms. The van der Waals surface area contributed by atoms with Gasteiger partial charge in [0.05, 0.1) is 16.2 Å². The van der Waals surface area contributed by atoms with Gasteiger partial charge in [0.25, 0.3) is 5.91 Å². The molecule has 0 aromatic carbocycles. The minimum Gasteiger partial charge on any atom is -0.475 e. The maximum atomic E-state index is 12.5. The number of aryl methyl sites for hydroxylation is 1. The first-order chi connectivity index (χ1) is 14.6. The summed E-state index contributed by atoms with van der Waals surface area (Å²) in [6.07, 6.45) is -1.60. The second kappa shape index (κ2) is 9.61. The average Bonchev–Trinajstić information content (AvgIpc) is 3.45. The van der Waals surface area contributed by atoms with Gasteiger partial charge in [-0.05, 0) is 44.7 Å². The van der Waals surface area contributed by atoms with Crippen LogP contribution in [0.1, 0.15) is 40.5 Å². The highest BCUT2D eigenvalue weighted by atomic mass is 32.1. The Labute approximate surface area is 185 Å². The van der Waals surface area contributed by atoms with Gasteiger partial charge in [-0.15, -0.1) is 22.7 Å². The minimum atomic E-state index is -5.08. The van der Waals surface area contributed by atoms with Gasteiger partial charge in [0, 0.05) is 30.4 Å². The molecule has 2 aromatic heterocycles. The van der Waals surface area contributed by atoms with E-state index in [2.05, 4.69) is 27.2 Å². The topological polar surface area (TPSA) is 86.6 Å². The third-order valence-corrected chi connectivity index (χ3v) is 7.00. The molecule has 2 aromatic rings. The van der Waals surface area contributed by atoms with Crippen LogP contribution in [0.5, 0.6) is 0 Å². The average molecular weight is 477 g/mol. The van der Waals surface area contributed by atoms with Crippen molar-refractivity contribution >= 4 is 34.6 Å². The van der Waals surface area contributed by atoms with E-state index in [4.69, 9.17) is 9.90 Å². The second-order valence-corrected chi connectivity index (χ2v) is 9.57. The Morgan fingerprint density at radius 1 is 1.19 bits per heavy atom. The number of carboxylic acid groups (broad SMARTS) is 1. The van der Waals surface area contributed by atoms with E-state index in [0.29, 0.717) is 11.1 Å². The van der Waals surface area contributed by atoms with E-state index < -0.39 is 12.1 Å². The molecule has 1 N–H and O–H groups in total. The molecule has 170 valence electrons. The van der Waals surface area contributed by atoms with Crippen molar-refractivity contribution < 1.29 is 27.9 Å². The van der Waals surface area contributed by atoms with E-state index in [0.717, 1.165) is 44.2 Å². The zero-order valence-electron chi connectivity index (χ0n) is 16.9. The molecule has 0 saturated carbocycles. The molecule has 0 radical (unpaired) electrons. The van der Waals surface area contributed by atoms with Crippen molar-refractivity contribution in [3.05, 3.63) is 32.7 Å². The van der Waals surface area contributed by atoms with Crippen molar-refractivity contribution in [3.63, 3.8) is 0 Å². The molecule has 2 aliphatic rings. The number of carboxylic acids is 1. The number of aromatic nitrogens is 2. The van der Waals surface area contributed by atoms with Gasteiger partial charge in [0.15, 0.2) is 0 Å². The lowest BCUT2D eigenvalue weighted by molar-refractivity contribution is -0.192. The Balaban J connectivity index is 0.000000339. The summed E-state index contributed by atoms with van der Waals surface area (Å²) in [5.74, 6) is -2.65. The summed E-state index contributed by atoms with van der Waals surface area (Å²) >= 11 is 3.21. The van der Waals surface area contributed by atoms with Crippen LogP contribution >= 0.6 is 22.7 Å². The zero-order chi connectivity index (χ0) is 22.6. The lowest BCUT2D eigenvalue weighted by atomic mass is 9.78. The SMILES string of the molecule is Cc1nc(CN2CCC3(CC2)CCN(C(=O)c2cscn2)C3)cs1.O=C(O)C(F)(F)F. The standard InChI is InChI=1S/C17H22N4OS2.C2HF3O2/c1-13-19-14(9-24-13)8-20-5-2-17(3-6-20)4-7-21(11-17)16(22)15-10-23-12-18-15;3-2(4,5)1(6)7/h9-10,12H,2-8,11H2,1H3;(H,6,7). The molecular weight excluding hydrogens is 453 g/mol. The number of thiazole rings is 2. The van der Waals surface area contributed by atoms with Crippen molar-refractivity contribution in [2.24, 2.45) is 5.41 Å². The fraction of sp³-hybridized carbons (Fsp3) is 0.579. The van der Waals surface area contributed by atoms with Gasteiger partial charge in [0.1, 0.15) is 5.69 Å². The Bertz CT molecular complexity index is 894. The summed E-state index contributed by atoms with van der Waals surface area (Å²) in [5.41, 5.74) is 3.85. The minimum absolute atomic E-state index is 0.105. The summed E-state index contributed by atoms with van der Waals surface area (Å²) < 4.78 is 31.7. The Morgan fingerprint density at radius 2 is 1.84 bits per heavy atom. The van der Waals surface area contributed by atoms with Crippen molar-refractivity contribution in [3.8, 4) is 0 Å². The van der Waals surface area contributed by atoms with Gasteiger partial charge < -0.3 is 10.0 Å². The Morgan fingerprint density at radius 3 is 2.35 bits per heavy atom. The molecule has 4 rings (SSSR count). The van der Waals surface area contributed by atoms with E-state index in [-0.39, 0.29) is 5.91 Å². The van der Waals surface area contributed by atoms with E-state index in [9.17, 15) is 18.0 Å². The van der Waals surface area contributed by atoms with Gasteiger partial charge in [0.2, 0.25) is 0 Å². The number of aliphatic carboxylic acids is 1. The molecule has 2 saturated heterocycles. The summed E-state index contributed by atoms with van der Waals surface area (Å²) in [4.78, 5) is 34.6. The molecule has 0 unspecified atom stereocenters. The van der Waals surface area contributed by atoms with Crippen molar-refractivity contribution in [2.45, 2.75) is 38.9 Å². The summed E-state index contributed by atoms with van der Waals surface area (Å²) in [6.45, 7) is 7.01. The Kier molecular flexibility index (Phi) is 7.32. The van der Waals surface area contributed by atoms with Gasteiger partial charge in [-0.3, -0.25) is 9.69 Å². The predicted molar refractivity (Wildman–Crippen MR) is 110 cm³/mol. The van der Waals surface area contributed by atoms with Crippen LogP contribution in [0, 0.1) is 12.3 Å². The number of carbonyl (C=O) groups excluding carboxylic acids is 1. The predicted octanol–water partition coefficient (Wildman–Crippen LogP) is 3.67. The highest BCUT2D eigenvalue weighted by Gasteiger charge is 2.42. The molecule has 1 spiro atoms. The smallest absolute Gasteiger partial charge is 0.475 e. The van der Waals surface area contributed by atoms with E-state index >= 15 is 0 Å². The van der Waals surface area contributed by atoms with Gasteiger partial charge in [-0.1, -0.05) is 0 Å². The monoisotopic (exact) mass is 476 g/mol. The summed E-state index contributed by atoms with van der Waals surface area (Å²) in [5, 5.41) is 12.3. The van der Waals surface area contributed by atoms with Crippen LogP contribution in [0.15, 0.2) is 16.3 Å². The first kappa shape index (κ1) is 23.6. The maximum Gasteiger partial charge on any atom is 0.490 e. The highest BCUT2D eigenvalue weighted by Crippen LogP contribution is 2.41. The third-order valence-electron chi connectivity index (χ3n) is 5.59. The van der Waals surface area contributed by atoms with E-state index in [1.165, 1.54) is 29.9 Å². The normalized spacial score (nSPS) is 18.6. The van der Waals surface area contributed by atoms with Gasteiger partial charge in [-0.2, -0.15) is 13.2 Å². The van der Waals surface area contributed by atoms with Crippen LogP contribution in [0.3, 0.4) is 0 Å². The van der Waals surface area contributed by atoms with Crippen molar-refractivity contribution in [1.82, 2.24) is 19.8 Å². The lowest BCUT2D eigenvalue weighted by Gasteiger charge is -2.39. The maximum absolute atomic E-state index is 12.5. The van der Waals surface area contributed by atoms with Crippen molar-refractivity contribution in [2.75, 3.05) is 26.2 Å². The molecule has 0 atom stereocenters. The number of amides is 1. The van der Waals surface area contributed by atoms with E-state index in [1.807, 2.05) is 10.3 Å². The fourth-order valence-electron chi connectivity index (χ4n) is 3.89. The van der Waals surface area contributed by atoms with Crippen LogP contribution in [0.4, 0.5) is 13.2 Å². The molecule has 4 heterocycles. The van der Waals surface area contributed by atoms with Gasteiger partial charge in [-0.25, -0.2) is 14.8 Å². The van der Waals surface area contributed by atoms with Crippen LogP contribution in [-0.4, -0.2) is 69.1 Å². The largest absolute Gasteiger partial charge is 0.490 e. The number of piperidine rings is 1. The molecule has 7 nitrogen and oxygen atoms in total. The number of likely N-dealkylation sites (tertiary alicyclic amines) is 2. The second-order valence-electron chi connectivity index (χ2n) is 7.79. The van der Waals surface area contributed by atoms with Crippen LogP contribution in [-0.2, 0) is 11.3 Å². The number of hydrogen-bond acceptors (Lipinski definition) is 7. The fourth-order valence-corrected chi connectivity index (χ4v) is 5.02. The number of carbonyl (C=O) groups is 2. The number of halogens is 3. The van der Waals surface area contributed by atoms with Gasteiger partial charge >= 0.3 is 12.1 Å². The van der Waals surface area contributed by atoms with Crippen LogP contribution in [0.2, 0.25) is 0 Å². The first-order valence-electron chi connectivity index (χ1n) is 9.69. The van der Waals surface area contributed by atoms with Crippen LogP contribution < -0.4 is 0 Å². The van der Waals surface area contributed by atoms with Crippen LogP contribution in [0.25, 0.3) is 0 Å². The summed E-state index contributed by atoms with van der Waals surface area (Å²) in [6, 6.07) is 0. The number of nitrogens with zero attached hydrogens (tertiary/aromatic N) is 4. The lowest BCUT2D eigenvalue weighted by Crippen LogP contribution is -2.42. The molecule has 1 amide bonds. The highest BCUT2D eigenvalue weighted by molar-refractivity contribution is 7.09. The molecule has 31 heavy (non-hydrogen) atoms. The Hall–Kier alpha value is -2.05.